The van der Waals surface area contributed by atoms with Crippen LogP contribution in [0.3, 0.4) is 0 Å². The lowest BCUT2D eigenvalue weighted by molar-refractivity contribution is -0.178. The Hall–Kier alpha value is -7.53. The fraction of sp³-hybridized carbons (Fsp3) is 0.264. The minimum Gasteiger partial charge on any atom is -0.508 e. The van der Waals surface area contributed by atoms with Crippen LogP contribution in [0.4, 0.5) is 10.5 Å². The largest absolute Gasteiger partial charge is 0.508 e. The highest BCUT2D eigenvalue weighted by atomic mass is 16.6. The third-order valence-electron chi connectivity index (χ3n) is 13.2. The van der Waals surface area contributed by atoms with Crippen molar-refractivity contribution < 1.29 is 38.5 Å². The van der Waals surface area contributed by atoms with Gasteiger partial charge in [-0.15, -0.1) is 0 Å². The number of rotatable bonds is 9. The molecule has 5 aromatic carbocycles. The molecule has 4 heterocycles. The van der Waals surface area contributed by atoms with Gasteiger partial charge in [0.2, 0.25) is 11.8 Å². The number of aromatic hydroxyl groups is 1. The molecule has 0 bridgehead atoms. The normalized spacial score (nSPS) is 23.4. The zero-order valence-corrected chi connectivity index (χ0v) is 36.2. The Morgan fingerprint density at radius 3 is 2.33 bits per heavy atom. The standard InChI is InChI=1S/C53H47N5O8/c1-64-29-30-65-52(63)57-42-28-23-34(22-21-33-13-5-2-6-14-33)31-39(42)53(51(57)62)44(49(60)54-32-43-55-40-19-11-12-20-41(40)56-43)46-50(61)66-47(36-17-9-4-10-18-36)45(35-15-7-3-8-16-35)58(46)48(53)37-24-26-38(59)27-25-37/h3-4,7-13,15-20,23-28,31,44-48,59H,2,5-6,14,29-30,32H2,1H3,(H,54,60)(H,55,56)/t44-,45-,46-,47+,48+,53-/m1/s1. The summed E-state index contributed by atoms with van der Waals surface area (Å²) in [4.78, 5) is 72.6. The van der Waals surface area contributed by atoms with Gasteiger partial charge in [0, 0.05) is 12.7 Å². The number of methoxy groups -OCH3 is 1. The number of H-pyrrole nitrogens is 1. The molecule has 66 heavy (non-hydrogen) atoms. The smallest absolute Gasteiger partial charge is 0.421 e. The highest BCUT2D eigenvalue weighted by molar-refractivity contribution is 6.23. The molecule has 10 rings (SSSR count). The van der Waals surface area contributed by atoms with Crippen molar-refractivity contribution in [2.75, 3.05) is 25.2 Å². The van der Waals surface area contributed by atoms with Crippen LogP contribution in [0.5, 0.6) is 5.75 Å². The highest BCUT2D eigenvalue weighted by Gasteiger charge is 2.75. The number of fused-ring (bicyclic) bond motifs is 4. The number of aromatic nitrogens is 2. The quantitative estimate of drug-likeness (QED) is 0.0740. The number of ether oxygens (including phenoxy) is 3. The first-order valence-electron chi connectivity index (χ1n) is 22.2. The number of hydrogen-bond acceptors (Lipinski definition) is 10. The molecule has 1 aromatic heterocycles. The number of phenols is 1. The molecule has 3 N–H and O–H groups in total. The minimum absolute atomic E-state index is 0.0293. The molecule has 3 amide bonds. The van der Waals surface area contributed by atoms with Gasteiger partial charge in [-0.05, 0) is 96.0 Å². The van der Waals surface area contributed by atoms with Gasteiger partial charge in [-0.1, -0.05) is 103 Å². The predicted molar refractivity (Wildman–Crippen MR) is 245 cm³/mol. The lowest BCUT2D eigenvalue weighted by atomic mass is 9.65. The molecular formula is C53H47N5O8. The number of imidazole rings is 1. The number of nitrogens with one attached hydrogen (secondary N) is 2. The summed E-state index contributed by atoms with van der Waals surface area (Å²) >= 11 is 0. The number of hydrogen-bond donors (Lipinski definition) is 3. The van der Waals surface area contributed by atoms with Crippen LogP contribution in [0.1, 0.15) is 77.5 Å². The second-order valence-corrected chi connectivity index (χ2v) is 17.0. The van der Waals surface area contributed by atoms with Gasteiger partial charge in [-0.3, -0.25) is 19.3 Å². The van der Waals surface area contributed by atoms with Crippen molar-refractivity contribution in [1.29, 1.82) is 0 Å². The van der Waals surface area contributed by atoms with Gasteiger partial charge in [-0.25, -0.2) is 14.7 Å². The van der Waals surface area contributed by atoms with E-state index in [1.807, 2.05) is 89.8 Å². The van der Waals surface area contributed by atoms with Crippen molar-refractivity contribution in [3.05, 3.63) is 173 Å². The van der Waals surface area contributed by atoms with Gasteiger partial charge in [-0.2, -0.15) is 0 Å². The number of phenolic OH excluding ortho intramolecular Hbond substituents is 1. The second kappa shape index (κ2) is 17.8. The van der Waals surface area contributed by atoms with E-state index >= 15 is 14.4 Å². The highest BCUT2D eigenvalue weighted by Crippen LogP contribution is 2.66. The first-order chi connectivity index (χ1) is 32.3. The Morgan fingerprint density at radius 2 is 1.61 bits per heavy atom. The Kier molecular flexibility index (Phi) is 11.4. The average molecular weight is 882 g/mol. The summed E-state index contributed by atoms with van der Waals surface area (Å²) in [6.07, 6.45) is 4.17. The van der Waals surface area contributed by atoms with E-state index in [0.717, 1.165) is 47.2 Å². The molecule has 2 fully saturated rings. The maximum Gasteiger partial charge on any atom is 0.421 e. The van der Waals surface area contributed by atoms with Crippen LogP contribution >= 0.6 is 0 Å². The number of cyclic esters (lactones) is 1. The lowest BCUT2D eigenvalue weighted by Gasteiger charge is -2.46. The average Bonchev–Trinajstić information content (AvgIpc) is 4.00. The summed E-state index contributed by atoms with van der Waals surface area (Å²) in [7, 11) is 1.47. The van der Waals surface area contributed by atoms with Gasteiger partial charge in [0.1, 0.15) is 35.7 Å². The first-order valence-corrected chi connectivity index (χ1v) is 22.2. The number of morpholine rings is 1. The van der Waals surface area contributed by atoms with Crippen molar-refractivity contribution in [1.82, 2.24) is 20.2 Å². The van der Waals surface area contributed by atoms with E-state index in [4.69, 9.17) is 19.2 Å². The summed E-state index contributed by atoms with van der Waals surface area (Å²) in [6.45, 7) is -0.162. The number of benzene rings is 5. The topological polar surface area (TPSA) is 163 Å². The number of aromatic amines is 1. The number of carbonyl (C=O) groups excluding carboxylic acids is 4. The monoisotopic (exact) mass is 881 g/mol. The number of allylic oxidation sites excluding steroid dienone is 2. The molecule has 2 saturated heterocycles. The number of anilines is 1. The SMILES string of the molecule is COCCOC(=O)N1C(=O)[C@@]2(c3cc(C#CC4=CCCCC4)ccc31)[C@H](c1ccc(O)cc1)N1[C@H](c3ccccc3)[C@H](c3ccccc3)OC(=O)[C@H]1[C@@H]2C(=O)NCc1nc2ccccc2[nH]1. The van der Waals surface area contributed by atoms with Crippen molar-refractivity contribution in [2.24, 2.45) is 5.92 Å². The summed E-state index contributed by atoms with van der Waals surface area (Å²) in [6, 6.07) is 34.7. The van der Waals surface area contributed by atoms with Crippen LogP contribution in [0.15, 0.2) is 139 Å². The molecule has 0 radical (unpaired) electrons. The van der Waals surface area contributed by atoms with Crippen molar-refractivity contribution >= 4 is 40.6 Å². The Labute approximate surface area is 381 Å². The van der Waals surface area contributed by atoms with Crippen molar-refractivity contribution in [2.45, 2.75) is 61.9 Å². The predicted octanol–water partition coefficient (Wildman–Crippen LogP) is 7.89. The molecular weight excluding hydrogens is 835 g/mol. The van der Waals surface area contributed by atoms with Gasteiger partial charge in [0.15, 0.2) is 0 Å². The Bertz CT molecular complexity index is 2890. The third kappa shape index (κ3) is 7.38. The van der Waals surface area contributed by atoms with E-state index in [2.05, 4.69) is 28.2 Å². The Balaban J connectivity index is 1.23. The van der Waals surface area contributed by atoms with Gasteiger partial charge < -0.3 is 29.6 Å². The fourth-order valence-electron chi connectivity index (χ4n) is 10.4. The van der Waals surface area contributed by atoms with Gasteiger partial charge >= 0.3 is 12.1 Å². The molecule has 6 atom stereocenters. The van der Waals surface area contributed by atoms with Crippen LogP contribution in [0.25, 0.3) is 11.0 Å². The van der Waals surface area contributed by atoms with Crippen LogP contribution in [-0.4, -0.2) is 70.2 Å². The van der Waals surface area contributed by atoms with Crippen LogP contribution in [0, 0.1) is 17.8 Å². The third-order valence-corrected chi connectivity index (χ3v) is 13.2. The van der Waals surface area contributed by atoms with E-state index < -0.39 is 59.4 Å². The van der Waals surface area contributed by atoms with E-state index in [1.54, 1.807) is 30.3 Å². The van der Waals surface area contributed by atoms with Crippen molar-refractivity contribution in [3.63, 3.8) is 0 Å². The number of amides is 3. The first kappa shape index (κ1) is 42.4. The van der Waals surface area contributed by atoms with E-state index in [1.165, 1.54) is 19.2 Å². The summed E-state index contributed by atoms with van der Waals surface area (Å²) in [5.74, 6) is 3.41. The number of esters is 1. The fourth-order valence-corrected chi connectivity index (χ4v) is 10.4. The molecule has 3 aliphatic heterocycles. The van der Waals surface area contributed by atoms with Crippen LogP contribution in [0.2, 0.25) is 0 Å². The van der Waals surface area contributed by atoms with Crippen LogP contribution in [-0.2, 0) is 40.6 Å². The minimum atomic E-state index is -2.02. The number of para-hydroxylation sites is 2. The molecule has 1 spiro atoms. The molecule has 0 saturated carbocycles. The molecule has 0 unspecified atom stereocenters. The van der Waals surface area contributed by atoms with E-state index in [-0.39, 0.29) is 31.2 Å². The molecule has 4 aliphatic rings. The van der Waals surface area contributed by atoms with Crippen LogP contribution < -0.4 is 10.2 Å². The Morgan fingerprint density at radius 1 is 0.864 bits per heavy atom. The molecule has 332 valence electrons. The molecule has 1 aliphatic carbocycles. The zero-order chi connectivity index (χ0) is 45.4. The summed E-state index contributed by atoms with van der Waals surface area (Å²) in [5.41, 5.74) is 3.47. The number of nitrogens with zero attached hydrogens (tertiary/aromatic N) is 3. The molecule has 6 aromatic rings. The van der Waals surface area contributed by atoms with Crippen molar-refractivity contribution in [3.8, 4) is 17.6 Å². The van der Waals surface area contributed by atoms with Gasteiger partial charge in [0.05, 0.1) is 47.9 Å². The van der Waals surface area contributed by atoms with E-state index in [9.17, 15) is 9.90 Å². The second-order valence-electron chi connectivity index (χ2n) is 17.0. The molecule has 13 heteroatoms. The lowest BCUT2D eigenvalue weighted by Crippen LogP contribution is -2.55. The maximum absolute atomic E-state index is 16.3. The number of carbonyl (C=O) groups is 4. The summed E-state index contributed by atoms with van der Waals surface area (Å²) in [5, 5.41) is 13.8. The summed E-state index contributed by atoms with van der Waals surface area (Å²) < 4.78 is 17.4. The van der Waals surface area contributed by atoms with E-state index in [0.29, 0.717) is 33.6 Å². The van der Waals surface area contributed by atoms with Gasteiger partial charge in [0.25, 0.3) is 0 Å². The number of imide groups is 1. The maximum atomic E-state index is 16.3. The zero-order valence-electron chi connectivity index (χ0n) is 36.2. The molecule has 13 nitrogen and oxygen atoms in total.